The normalized spacial score (nSPS) is 12.5. The van der Waals surface area contributed by atoms with E-state index < -0.39 is 16.9 Å². The third-order valence-electron chi connectivity index (χ3n) is 2.55. The molecule has 1 atom stereocenters. The molecule has 0 saturated carbocycles. The number of carbonyl (C=O) groups is 1. The summed E-state index contributed by atoms with van der Waals surface area (Å²) in [6, 6.07) is 3.75. The Balaban J connectivity index is 2.48. The summed E-state index contributed by atoms with van der Waals surface area (Å²) in [5, 5.41) is 27.1. The van der Waals surface area contributed by atoms with Gasteiger partial charge < -0.3 is 5.11 Å². The Labute approximate surface area is 101 Å². The number of nitro groups is 1. The maximum atomic E-state index is 10.7. The number of nitro benzene ring substituents is 1. The predicted molar refractivity (Wildman–Crippen MR) is 61.1 cm³/mol. The van der Waals surface area contributed by atoms with Gasteiger partial charge in [0, 0.05) is 12.1 Å². The average molecular weight is 250 g/mol. The van der Waals surface area contributed by atoms with E-state index in [4.69, 9.17) is 5.11 Å². The third-order valence-corrected chi connectivity index (χ3v) is 2.55. The fourth-order valence-corrected chi connectivity index (χ4v) is 1.70. The number of hydrogen-bond acceptors (Lipinski definition) is 5. The van der Waals surface area contributed by atoms with Gasteiger partial charge in [0.05, 0.1) is 22.9 Å². The molecule has 0 bridgehead atoms. The van der Waals surface area contributed by atoms with Crippen molar-refractivity contribution in [1.29, 1.82) is 0 Å². The lowest BCUT2D eigenvalue weighted by Crippen LogP contribution is -2.11. The molecule has 8 nitrogen and oxygen atoms in total. The molecular weight excluding hydrogens is 240 g/mol. The summed E-state index contributed by atoms with van der Waals surface area (Å²) in [6.07, 6.45) is -0.124. The Bertz CT molecular complexity index is 621. The molecule has 2 rings (SSSR count). The first-order valence-corrected chi connectivity index (χ1v) is 5.20. The Morgan fingerprint density at radius 2 is 2.33 bits per heavy atom. The maximum absolute atomic E-state index is 10.7. The lowest BCUT2D eigenvalue weighted by atomic mass is 10.2. The fraction of sp³-hybridized carbons (Fsp3) is 0.300. The number of carboxylic acids is 1. The maximum Gasteiger partial charge on any atom is 0.305 e. The second-order valence-electron chi connectivity index (χ2n) is 3.91. The van der Waals surface area contributed by atoms with Gasteiger partial charge in [-0.1, -0.05) is 5.21 Å². The van der Waals surface area contributed by atoms with Crippen LogP contribution >= 0.6 is 0 Å². The van der Waals surface area contributed by atoms with Gasteiger partial charge in [0.15, 0.2) is 0 Å². The van der Waals surface area contributed by atoms with E-state index in [2.05, 4.69) is 10.3 Å². The summed E-state index contributed by atoms with van der Waals surface area (Å²) in [7, 11) is 0. The minimum absolute atomic E-state index is 0.0754. The quantitative estimate of drug-likeness (QED) is 0.648. The zero-order chi connectivity index (χ0) is 13.3. The van der Waals surface area contributed by atoms with Gasteiger partial charge in [-0.15, -0.1) is 5.10 Å². The molecule has 0 amide bonds. The molecule has 0 aliphatic carbocycles. The highest BCUT2D eigenvalue weighted by Crippen LogP contribution is 2.22. The first kappa shape index (κ1) is 12.0. The van der Waals surface area contributed by atoms with Gasteiger partial charge in [0.25, 0.3) is 5.69 Å². The molecular formula is C10H10N4O4. The van der Waals surface area contributed by atoms with Crippen molar-refractivity contribution < 1.29 is 14.8 Å². The Kier molecular flexibility index (Phi) is 2.92. The number of carboxylic acid groups (broad SMARTS) is 1. The molecule has 0 spiro atoms. The van der Waals surface area contributed by atoms with Crippen molar-refractivity contribution in [3.05, 3.63) is 28.3 Å². The lowest BCUT2D eigenvalue weighted by Gasteiger charge is -2.09. The van der Waals surface area contributed by atoms with E-state index in [0.717, 1.165) is 0 Å². The number of rotatable bonds is 4. The fourth-order valence-electron chi connectivity index (χ4n) is 1.70. The van der Waals surface area contributed by atoms with E-state index in [-0.39, 0.29) is 12.1 Å². The molecule has 1 heterocycles. The lowest BCUT2D eigenvalue weighted by molar-refractivity contribution is -0.384. The molecule has 1 aromatic heterocycles. The standard InChI is InChI=1S/C10H10N4O4/c1-6(4-10(15)16)13-9-5-7(14(17)18)2-3-8(9)11-12-13/h2-3,5-6H,4H2,1H3,(H,15,16)/t6-/m1/s1. The summed E-state index contributed by atoms with van der Waals surface area (Å²) >= 11 is 0. The molecule has 0 unspecified atom stereocenters. The van der Waals surface area contributed by atoms with Gasteiger partial charge in [0.2, 0.25) is 0 Å². The van der Waals surface area contributed by atoms with E-state index in [0.29, 0.717) is 11.0 Å². The molecule has 0 aliphatic heterocycles. The molecule has 1 aromatic carbocycles. The summed E-state index contributed by atoms with van der Waals surface area (Å²) in [5.74, 6) is -0.961. The van der Waals surface area contributed by atoms with Crippen molar-refractivity contribution >= 4 is 22.7 Å². The molecule has 94 valence electrons. The number of fused-ring (bicyclic) bond motifs is 1. The van der Waals surface area contributed by atoms with Crippen molar-refractivity contribution in [1.82, 2.24) is 15.0 Å². The Hall–Kier alpha value is -2.51. The minimum Gasteiger partial charge on any atom is -0.481 e. The molecule has 1 N–H and O–H groups in total. The topological polar surface area (TPSA) is 111 Å². The molecule has 18 heavy (non-hydrogen) atoms. The van der Waals surface area contributed by atoms with Crippen molar-refractivity contribution in [2.45, 2.75) is 19.4 Å². The predicted octanol–water partition coefficient (Wildman–Crippen LogP) is 1.38. The van der Waals surface area contributed by atoms with Gasteiger partial charge >= 0.3 is 5.97 Å². The monoisotopic (exact) mass is 250 g/mol. The summed E-state index contributed by atoms with van der Waals surface area (Å²) in [4.78, 5) is 20.8. The summed E-state index contributed by atoms with van der Waals surface area (Å²) < 4.78 is 1.39. The second-order valence-corrected chi connectivity index (χ2v) is 3.91. The summed E-state index contributed by atoms with van der Waals surface area (Å²) in [5.41, 5.74) is 0.879. The number of hydrogen-bond donors (Lipinski definition) is 1. The first-order chi connectivity index (χ1) is 8.49. The highest BCUT2D eigenvalue weighted by molar-refractivity contribution is 5.77. The van der Waals surface area contributed by atoms with E-state index in [1.807, 2.05) is 0 Å². The van der Waals surface area contributed by atoms with Crippen LogP contribution in [0.1, 0.15) is 19.4 Å². The first-order valence-electron chi connectivity index (χ1n) is 5.20. The van der Waals surface area contributed by atoms with E-state index in [1.165, 1.54) is 22.9 Å². The van der Waals surface area contributed by atoms with Crippen LogP contribution in [0.5, 0.6) is 0 Å². The van der Waals surface area contributed by atoms with Crippen molar-refractivity contribution in [3.63, 3.8) is 0 Å². The SMILES string of the molecule is C[C@H](CC(=O)O)n1nnc2ccc([N+](=O)[O-])cc21. The van der Waals surface area contributed by atoms with Crippen LogP contribution in [0.3, 0.4) is 0 Å². The van der Waals surface area contributed by atoms with Crippen molar-refractivity contribution in [2.24, 2.45) is 0 Å². The van der Waals surface area contributed by atoms with Crippen LogP contribution in [-0.2, 0) is 4.79 Å². The summed E-state index contributed by atoms with van der Waals surface area (Å²) in [6.45, 7) is 1.67. The van der Waals surface area contributed by atoms with E-state index >= 15 is 0 Å². The third kappa shape index (κ3) is 2.12. The van der Waals surface area contributed by atoms with Crippen LogP contribution in [0.2, 0.25) is 0 Å². The molecule has 2 aromatic rings. The molecule has 0 aliphatic rings. The minimum atomic E-state index is -0.961. The van der Waals surface area contributed by atoms with Crippen molar-refractivity contribution in [2.75, 3.05) is 0 Å². The number of nitrogens with zero attached hydrogens (tertiary/aromatic N) is 4. The largest absolute Gasteiger partial charge is 0.481 e. The van der Waals surface area contributed by atoms with Gasteiger partial charge in [-0.2, -0.15) is 0 Å². The molecule has 0 radical (unpaired) electrons. The smallest absolute Gasteiger partial charge is 0.305 e. The van der Waals surface area contributed by atoms with Crippen LogP contribution in [0, 0.1) is 10.1 Å². The number of aliphatic carboxylic acids is 1. The highest BCUT2D eigenvalue weighted by atomic mass is 16.6. The van der Waals surface area contributed by atoms with Crippen LogP contribution < -0.4 is 0 Å². The number of non-ortho nitro benzene ring substituents is 1. The van der Waals surface area contributed by atoms with E-state index in [9.17, 15) is 14.9 Å². The van der Waals surface area contributed by atoms with Crippen LogP contribution in [-0.4, -0.2) is 31.0 Å². The zero-order valence-corrected chi connectivity index (χ0v) is 9.48. The van der Waals surface area contributed by atoms with Crippen LogP contribution in [0.25, 0.3) is 11.0 Å². The van der Waals surface area contributed by atoms with E-state index in [1.54, 1.807) is 6.92 Å². The van der Waals surface area contributed by atoms with Crippen LogP contribution in [0.15, 0.2) is 18.2 Å². The Morgan fingerprint density at radius 1 is 1.61 bits per heavy atom. The second kappa shape index (κ2) is 4.40. The average Bonchev–Trinajstić information content (AvgIpc) is 2.70. The van der Waals surface area contributed by atoms with Gasteiger partial charge in [-0.25, -0.2) is 4.68 Å². The van der Waals surface area contributed by atoms with Gasteiger partial charge in [-0.3, -0.25) is 14.9 Å². The number of aromatic nitrogens is 3. The zero-order valence-electron chi connectivity index (χ0n) is 9.48. The highest BCUT2D eigenvalue weighted by Gasteiger charge is 2.16. The molecule has 0 saturated heterocycles. The van der Waals surface area contributed by atoms with Gasteiger partial charge in [0.1, 0.15) is 5.52 Å². The van der Waals surface area contributed by atoms with Crippen molar-refractivity contribution in [3.8, 4) is 0 Å². The molecule has 8 heteroatoms. The Morgan fingerprint density at radius 3 is 2.94 bits per heavy atom. The van der Waals surface area contributed by atoms with Crippen LogP contribution in [0.4, 0.5) is 5.69 Å². The van der Waals surface area contributed by atoms with Gasteiger partial charge in [-0.05, 0) is 13.0 Å². The molecule has 0 fully saturated rings. The number of benzene rings is 1.